The second-order valence-electron chi connectivity index (χ2n) is 6.78. The van der Waals surface area contributed by atoms with E-state index in [1.807, 2.05) is 36.4 Å². The molecule has 5 heteroatoms. The molecule has 0 aliphatic rings. The molecule has 3 rings (SSSR count). The maximum absolute atomic E-state index is 11.0. The lowest BCUT2D eigenvalue weighted by atomic mass is 10.0. The van der Waals surface area contributed by atoms with Crippen LogP contribution < -0.4 is 4.74 Å². The third-order valence-corrected chi connectivity index (χ3v) is 4.20. The van der Waals surface area contributed by atoms with Gasteiger partial charge in [0.1, 0.15) is 11.4 Å². The number of benzene rings is 1. The third-order valence-electron chi connectivity index (χ3n) is 4.20. The second kappa shape index (κ2) is 6.69. The molecule has 0 unspecified atom stereocenters. The van der Waals surface area contributed by atoms with Gasteiger partial charge in [0.2, 0.25) is 0 Å². The number of nitrogens with zero attached hydrogens (tertiary/aromatic N) is 2. The van der Waals surface area contributed by atoms with Crippen molar-refractivity contribution in [2.75, 3.05) is 7.11 Å². The quantitative estimate of drug-likeness (QED) is 0.698. The summed E-state index contributed by atoms with van der Waals surface area (Å²) in [5.41, 5.74) is 2.60. The summed E-state index contributed by atoms with van der Waals surface area (Å²) in [6.45, 7) is 3.60. The molecule has 2 aromatic heterocycles. The standard InChI is InChI=1S/C20H22N2O3/c1-20(2,24)9-8-17-11-15-10-14(13-23)12-21-19(15)22(17)16-4-6-18(25-3)7-5-16/h4-7,10-13,24H,8-9H2,1-3H3. The topological polar surface area (TPSA) is 64.3 Å². The Hall–Kier alpha value is -2.66. The molecule has 1 aromatic carbocycles. The maximum Gasteiger partial charge on any atom is 0.151 e. The summed E-state index contributed by atoms with van der Waals surface area (Å²) >= 11 is 0. The van der Waals surface area contributed by atoms with Gasteiger partial charge in [0.05, 0.1) is 12.7 Å². The van der Waals surface area contributed by atoms with Crippen LogP contribution in [0.4, 0.5) is 0 Å². The number of ether oxygens (including phenoxy) is 1. The average Bonchev–Trinajstić information content (AvgIpc) is 2.97. The van der Waals surface area contributed by atoms with Crippen molar-refractivity contribution in [2.24, 2.45) is 0 Å². The van der Waals surface area contributed by atoms with Gasteiger partial charge < -0.3 is 9.84 Å². The largest absolute Gasteiger partial charge is 0.497 e. The van der Waals surface area contributed by atoms with E-state index in [2.05, 4.69) is 9.55 Å². The Balaban J connectivity index is 2.12. The van der Waals surface area contributed by atoms with Gasteiger partial charge in [0.25, 0.3) is 0 Å². The Labute approximate surface area is 146 Å². The van der Waals surface area contributed by atoms with Crippen molar-refractivity contribution in [3.05, 3.63) is 53.9 Å². The van der Waals surface area contributed by atoms with Gasteiger partial charge in [-0.2, -0.15) is 0 Å². The molecule has 3 aromatic rings. The average molecular weight is 338 g/mol. The Morgan fingerprint density at radius 1 is 1.24 bits per heavy atom. The van der Waals surface area contributed by atoms with E-state index in [1.165, 1.54) is 0 Å². The molecule has 0 aliphatic carbocycles. The highest BCUT2D eigenvalue weighted by Crippen LogP contribution is 2.27. The number of aldehydes is 1. The molecular formula is C20H22N2O3. The normalized spacial score (nSPS) is 11.7. The number of hydrogen-bond acceptors (Lipinski definition) is 4. The van der Waals surface area contributed by atoms with Crippen LogP contribution in [0.15, 0.2) is 42.6 Å². The van der Waals surface area contributed by atoms with Crippen molar-refractivity contribution in [2.45, 2.75) is 32.3 Å². The van der Waals surface area contributed by atoms with E-state index in [0.29, 0.717) is 18.4 Å². The van der Waals surface area contributed by atoms with Crippen LogP contribution in [-0.2, 0) is 6.42 Å². The number of aromatic nitrogens is 2. The molecule has 5 nitrogen and oxygen atoms in total. The maximum atomic E-state index is 11.0. The van der Waals surface area contributed by atoms with Crippen LogP contribution in [0.5, 0.6) is 5.75 Å². The number of carbonyl (C=O) groups is 1. The molecule has 0 spiro atoms. The molecule has 0 atom stereocenters. The summed E-state index contributed by atoms with van der Waals surface area (Å²) in [4.78, 5) is 15.5. The number of pyridine rings is 1. The molecule has 0 saturated heterocycles. The van der Waals surface area contributed by atoms with Crippen molar-refractivity contribution >= 4 is 17.3 Å². The first-order chi connectivity index (χ1) is 11.9. The molecule has 25 heavy (non-hydrogen) atoms. The smallest absolute Gasteiger partial charge is 0.151 e. The fraction of sp³-hybridized carbons (Fsp3) is 0.300. The minimum Gasteiger partial charge on any atom is -0.497 e. The zero-order valence-electron chi connectivity index (χ0n) is 14.7. The van der Waals surface area contributed by atoms with Gasteiger partial charge in [0, 0.05) is 28.5 Å². The first-order valence-corrected chi connectivity index (χ1v) is 8.23. The van der Waals surface area contributed by atoms with Crippen molar-refractivity contribution in [3.8, 4) is 11.4 Å². The van der Waals surface area contributed by atoms with Crippen LogP contribution in [-0.4, -0.2) is 33.7 Å². The van der Waals surface area contributed by atoms with Gasteiger partial charge in [0.15, 0.2) is 6.29 Å². The van der Waals surface area contributed by atoms with Crippen LogP contribution in [0.3, 0.4) is 0 Å². The Morgan fingerprint density at radius 2 is 1.96 bits per heavy atom. The SMILES string of the molecule is COc1ccc(-n2c(CCC(C)(C)O)cc3cc(C=O)cnc32)cc1. The van der Waals surface area contributed by atoms with E-state index >= 15 is 0 Å². The highest BCUT2D eigenvalue weighted by molar-refractivity contribution is 5.86. The molecule has 0 amide bonds. The van der Waals surface area contributed by atoms with E-state index < -0.39 is 5.60 Å². The van der Waals surface area contributed by atoms with E-state index in [0.717, 1.165) is 34.5 Å². The summed E-state index contributed by atoms with van der Waals surface area (Å²) in [5, 5.41) is 11.0. The van der Waals surface area contributed by atoms with Gasteiger partial charge in [-0.25, -0.2) is 4.98 Å². The van der Waals surface area contributed by atoms with Crippen molar-refractivity contribution < 1.29 is 14.6 Å². The number of rotatable bonds is 6. The third kappa shape index (κ3) is 3.72. The summed E-state index contributed by atoms with van der Waals surface area (Å²) in [6, 6.07) is 11.6. The molecule has 2 heterocycles. The lowest BCUT2D eigenvalue weighted by Gasteiger charge is -2.18. The van der Waals surface area contributed by atoms with E-state index in [4.69, 9.17) is 4.74 Å². The zero-order valence-corrected chi connectivity index (χ0v) is 14.7. The fourth-order valence-electron chi connectivity index (χ4n) is 2.87. The van der Waals surface area contributed by atoms with Gasteiger partial charge in [-0.15, -0.1) is 0 Å². The highest BCUT2D eigenvalue weighted by atomic mass is 16.5. The van der Waals surface area contributed by atoms with Crippen LogP contribution in [0, 0.1) is 0 Å². The number of hydrogen-bond donors (Lipinski definition) is 1. The Kier molecular flexibility index (Phi) is 4.59. The summed E-state index contributed by atoms with van der Waals surface area (Å²) in [5.74, 6) is 0.787. The van der Waals surface area contributed by atoms with Gasteiger partial charge in [-0.1, -0.05) is 0 Å². The summed E-state index contributed by atoms with van der Waals surface area (Å²) in [7, 11) is 1.64. The van der Waals surface area contributed by atoms with Gasteiger partial charge in [-0.3, -0.25) is 9.36 Å². The number of aryl methyl sites for hydroxylation is 1. The van der Waals surface area contributed by atoms with Crippen LogP contribution in [0.2, 0.25) is 0 Å². The van der Waals surface area contributed by atoms with Gasteiger partial charge >= 0.3 is 0 Å². The zero-order chi connectivity index (χ0) is 18.0. The lowest BCUT2D eigenvalue weighted by Crippen LogP contribution is -2.19. The first kappa shape index (κ1) is 17.2. The van der Waals surface area contributed by atoms with Crippen molar-refractivity contribution in [1.29, 1.82) is 0 Å². The Morgan fingerprint density at radius 3 is 2.56 bits per heavy atom. The Bertz CT molecular complexity index is 890. The highest BCUT2D eigenvalue weighted by Gasteiger charge is 2.17. The molecule has 0 saturated carbocycles. The predicted molar refractivity (Wildman–Crippen MR) is 97.6 cm³/mol. The number of fused-ring (bicyclic) bond motifs is 1. The molecule has 1 N–H and O–H groups in total. The molecule has 0 aliphatic heterocycles. The van der Waals surface area contributed by atoms with Gasteiger partial charge in [-0.05, 0) is 63.1 Å². The summed E-state index contributed by atoms with van der Waals surface area (Å²) < 4.78 is 7.29. The number of aliphatic hydroxyl groups is 1. The van der Waals surface area contributed by atoms with Crippen molar-refractivity contribution in [3.63, 3.8) is 0 Å². The van der Waals surface area contributed by atoms with Crippen LogP contribution >= 0.6 is 0 Å². The number of methoxy groups -OCH3 is 1. The predicted octanol–water partition coefficient (Wildman–Crippen LogP) is 3.55. The molecule has 0 radical (unpaired) electrons. The van der Waals surface area contributed by atoms with E-state index in [-0.39, 0.29) is 0 Å². The minimum absolute atomic E-state index is 0.549. The van der Waals surface area contributed by atoms with E-state index in [1.54, 1.807) is 27.2 Å². The molecular weight excluding hydrogens is 316 g/mol. The fourth-order valence-corrected chi connectivity index (χ4v) is 2.87. The van der Waals surface area contributed by atoms with Crippen LogP contribution in [0.25, 0.3) is 16.7 Å². The lowest BCUT2D eigenvalue weighted by molar-refractivity contribution is 0.0710. The number of carbonyl (C=O) groups excluding carboxylic acids is 1. The second-order valence-corrected chi connectivity index (χ2v) is 6.78. The summed E-state index contributed by atoms with van der Waals surface area (Å²) in [6.07, 6.45) is 3.70. The monoisotopic (exact) mass is 338 g/mol. The molecule has 0 bridgehead atoms. The molecule has 130 valence electrons. The van der Waals surface area contributed by atoms with E-state index in [9.17, 15) is 9.90 Å². The first-order valence-electron chi connectivity index (χ1n) is 8.23. The molecule has 0 fully saturated rings. The minimum atomic E-state index is -0.747. The van der Waals surface area contributed by atoms with Crippen molar-refractivity contribution in [1.82, 2.24) is 9.55 Å². The van der Waals surface area contributed by atoms with Crippen LogP contribution in [0.1, 0.15) is 36.3 Å².